The fourth-order valence-corrected chi connectivity index (χ4v) is 1.93. The molecule has 0 radical (unpaired) electrons. The van der Waals surface area contributed by atoms with Crippen molar-refractivity contribution < 1.29 is 4.74 Å². The lowest BCUT2D eigenvalue weighted by molar-refractivity contribution is 0.0758. The minimum absolute atomic E-state index is 0.674. The molecule has 2 aliphatic rings. The first-order valence-corrected chi connectivity index (χ1v) is 5.89. The lowest BCUT2D eigenvalue weighted by Gasteiger charge is -2.33. The van der Waals surface area contributed by atoms with Gasteiger partial charge in [-0.1, -0.05) is 0 Å². The molecule has 2 fully saturated rings. The molecular weight excluding hydrogens is 176 g/mol. The van der Waals surface area contributed by atoms with Gasteiger partial charge in [0.1, 0.15) is 0 Å². The third-order valence-electron chi connectivity index (χ3n) is 3.21. The van der Waals surface area contributed by atoms with Crippen LogP contribution in [0.3, 0.4) is 0 Å². The molecule has 0 aromatic rings. The Balaban J connectivity index is 1.53. The number of nitrogens with one attached hydrogen (secondary N) is 1. The van der Waals surface area contributed by atoms with Gasteiger partial charge in [0.05, 0.1) is 6.61 Å². The second-order valence-electron chi connectivity index (χ2n) is 4.61. The summed E-state index contributed by atoms with van der Waals surface area (Å²) in [7, 11) is 0. The van der Waals surface area contributed by atoms with Gasteiger partial charge in [-0.2, -0.15) is 0 Å². The van der Waals surface area contributed by atoms with Crippen LogP contribution < -0.4 is 5.32 Å². The number of hydrogen-bond donors (Lipinski definition) is 1. The number of hydrogen-bond acceptors (Lipinski definition) is 3. The minimum atomic E-state index is 0.674. The van der Waals surface area contributed by atoms with E-state index in [1.54, 1.807) is 0 Å². The van der Waals surface area contributed by atoms with Gasteiger partial charge in [-0.3, -0.25) is 4.90 Å². The Labute approximate surface area is 86.8 Å². The van der Waals surface area contributed by atoms with Gasteiger partial charge in [0, 0.05) is 38.8 Å². The number of rotatable bonds is 5. The van der Waals surface area contributed by atoms with Crippen LogP contribution in [0.2, 0.25) is 0 Å². The van der Waals surface area contributed by atoms with Gasteiger partial charge in [0.15, 0.2) is 0 Å². The monoisotopic (exact) mass is 198 g/mol. The molecule has 1 atom stereocenters. The van der Waals surface area contributed by atoms with Crippen LogP contribution in [0, 0.1) is 5.92 Å². The van der Waals surface area contributed by atoms with Gasteiger partial charge >= 0.3 is 0 Å². The summed E-state index contributed by atoms with van der Waals surface area (Å²) in [5.74, 6) is 0.899. The summed E-state index contributed by atoms with van der Waals surface area (Å²) in [5.41, 5.74) is 0. The van der Waals surface area contributed by atoms with Crippen LogP contribution in [0.5, 0.6) is 0 Å². The van der Waals surface area contributed by atoms with E-state index >= 15 is 0 Å². The normalized spacial score (nSPS) is 29.4. The first-order valence-electron chi connectivity index (χ1n) is 5.89. The van der Waals surface area contributed by atoms with Gasteiger partial charge in [0.2, 0.25) is 0 Å². The summed E-state index contributed by atoms with van der Waals surface area (Å²) in [6.07, 6.45) is 2.79. The number of ether oxygens (including phenoxy) is 1. The van der Waals surface area contributed by atoms with Crippen molar-refractivity contribution in [1.82, 2.24) is 10.2 Å². The highest BCUT2D eigenvalue weighted by molar-refractivity contribution is 4.76. The van der Waals surface area contributed by atoms with E-state index in [1.807, 2.05) is 0 Å². The lowest BCUT2D eigenvalue weighted by atomic mass is 10.2. The van der Waals surface area contributed by atoms with Crippen LogP contribution in [-0.4, -0.2) is 50.3 Å². The van der Waals surface area contributed by atoms with Crippen molar-refractivity contribution in [3.8, 4) is 0 Å². The highest BCUT2D eigenvalue weighted by Gasteiger charge is 2.21. The molecule has 0 aromatic carbocycles. The summed E-state index contributed by atoms with van der Waals surface area (Å²) >= 11 is 0. The van der Waals surface area contributed by atoms with Gasteiger partial charge in [-0.15, -0.1) is 0 Å². The average Bonchev–Trinajstić information content (AvgIpc) is 2.99. The summed E-state index contributed by atoms with van der Waals surface area (Å²) in [4.78, 5) is 2.52. The van der Waals surface area contributed by atoms with E-state index < -0.39 is 0 Å². The quantitative estimate of drug-likeness (QED) is 0.658. The van der Waals surface area contributed by atoms with Crippen molar-refractivity contribution in [2.45, 2.75) is 25.8 Å². The first kappa shape index (κ1) is 10.4. The molecule has 3 heteroatoms. The molecule has 0 amide bonds. The minimum Gasteiger partial charge on any atom is -0.380 e. The van der Waals surface area contributed by atoms with Crippen LogP contribution in [0.1, 0.15) is 19.8 Å². The molecular formula is C11H22N2O. The summed E-state index contributed by atoms with van der Waals surface area (Å²) in [6, 6.07) is 0.674. The van der Waals surface area contributed by atoms with Crippen molar-refractivity contribution in [2.24, 2.45) is 5.92 Å². The molecule has 14 heavy (non-hydrogen) atoms. The molecule has 1 aliphatic carbocycles. The lowest BCUT2D eigenvalue weighted by Crippen LogP contribution is -2.50. The SMILES string of the molecule is C[C@H]1CNCCN1CCOCC1CC1. The fourth-order valence-electron chi connectivity index (χ4n) is 1.93. The number of piperazine rings is 1. The smallest absolute Gasteiger partial charge is 0.0593 e. The predicted molar refractivity (Wildman–Crippen MR) is 57.4 cm³/mol. The van der Waals surface area contributed by atoms with Gasteiger partial charge in [0.25, 0.3) is 0 Å². The Morgan fingerprint density at radius 3 is 3.00 bits per heavy atom. The highest BCUT2D eigenvalue weighted by atomic mass is 16.5. The van der Waals surface area contributed by atoms with Crippen LogP contribution in [-0.2, 0) is 4.74 Å². The van der Waals surface area contributed by atoms with E-state index in [1.165, 1.54) is 19.4 Å². The highest BCUT2D eigenvalue weighted by Crippen LogP contribution is 2.28. The number of nitrogens with zero attached hydrogens (tertiary/aromatic N) is 1. The van der Waals surface area contributed by atoms with Crippen molar-refractivity contribution in [3.63, 3.8) is 0 Å². The predicted octanol–water partition coefficient (Wildman–Crippen LogP) is 0.707. The van der Waals surface area contributed by atoms with E-state index in [2.05, 4.69) is 17.1 Å². The maximum Gasteiger partial charge on any atom is 0.0593 e. The van der Waals surface area contributed by atoms with Crippen molar-refractivity contribution in [3.05, 3.63) is 0 Å². The van der Waals surface area contributed by atoms with E-state index in [-0.39, 0.29) is 0 Å². The second-order valence-corrected chi connectivity index (χ2v) is 4.61. The van der Waals surface area contributed by atoms with Crippen molar-refractivity contribution in [2.75, 3.05) is 39.4 Å². The molecule has 82 valence electrons. The van der Waals surface area contributed by atoms with Crippen LogP contribution in [0.15, 0.2) is 0 Å². The molecule has 2 rings (SSSR count). The molecule has 0 aromatic heterocycles. The zero-order valence-electron chi connectivity index (χ0n) is 9.17. The summed E-state index contributed by atoms with van der Waals surface area (Å²) in [5, 5.41) is 3.40. The van der Waals surface area contributed by atoms with Crippen LogP contribution in [0.25, 0.3) is 0 Å². The largest absolute Gasteiger partial charge is 0.380 e. The Kier molecular flexibility index (Phi) is 3.79. The molecule has 0 bridgehead atoms. The molecule has 1 aliphatic heterocycles. The first-order chi connectivity index (χ1) is 6.86. The van der Waals surface area contributed by atoms with E-state index in [0.717, 1.165) is 38.8 Å². The van der Waals surface area contributed by atoms with Crippen LogP contribution in [0.4, 0.5) is 0 Å². The second kappa shape index (κ2) is 5.10. The molecule has 3 nitrogen and oxygen atoms in total. The molecule has 1 N–H and O–H groups in total. The third-order valence-corrected chi connectivity index (χ3v) is 3.21. The zero-order chi connectivity index (χ0) is 9.80. The maximum atomic E-state index is 5.65. The fraction of sp³-hybridized carbons (Fsp3) is 1.00. The van der Waals surface area contributed by atoms with Gasteiger partial charge in [-0.05, 0) is 25.7 Å². The molecule has 1 heterocycles. The summed E-state index contributed by atoms with van der Waals surface area (Å²) < 4.78 is 5.65. The average molecular weight is 198 g/mol. The topological polar surface area (TPSA) is 24.5 Å². The van der Waals surface area contributed by atoms with Crippen molar-refractivity contribution >= 4 is 0 Å². The third kappa shape index (κ3) is 3.23. The van der Waals surface area contributed by atoms with Crippen molar-refractivity contribution in [1.29, 1.82) is 0 Å². The Morgan fingerprint density at radius 2 is 2.29 bits per heavy atom. The van der Waals surface area contributed by atoms with E-state index in [9.17, 15) is 0 Å². The molecule has 0 spiro atoms. The molecule has 1 saturated heterocycles. The van der Waals surface area contributed by atoms with Gasteiger partial charge in [-0.25, -0.2) is 0 Å². The maximum absolute atomic E-state index is 5.65. The van der Waals surface area contributed by atoms with E-state index in [0.29, 0.717) is 6.04 Å². The Morgan fingerprint density at radius 1 is 1.43 bits per heavy atom. The zero-order valence-corrected chi connectivity index (χ0v) is 9.17. The standard InChI is InChI=1S/C11H22N2O/c1-10-8-12-4-5-13(10)6-7-14-9-11-2-3-11/h10-12H,2-9H2,1H3/t10-/m0/s1. The Hall–Kier alpha value is -0.120. The Bertz CT molecular complexity index is 171. The van der Waals surface area contributed by atoms with Gasteiger partial charge < -0.3 is 10.1 Å². The molecule has 1 saturated carbocycles. The molecule has 0 unspecified atom stereocenters. The van der Waals surface area contributed by atoms with E-state index in [4.69, 9.17) is 4.74 Å². The van der Waals surface area contributed by atoms with Crippen LogP contribution >= 0.6 is 0 Å². The summed E-state index contributed by atoms with van der Waals surface area (Å²) in [6.45, 7) is 8.74.